The fourth-order valence-electron chi connectivity index (χ4n) is 2.25. The van der Waals surface area contributed by atoms with E-state index < -0.39 is 26.6 Å². The zero-order valence-electron chi connectivity index (χ0n) is 13.6. The summed E-state index contributed by atoms with van der Waals surface area (Å²) in [4.78, 5) is 11.7. The van der Waals surface area contributed by atoms with E-state index in [0.717, 1.165) is 12.1 Å². The van der Waals surface area contributed by atoms with Crippen LogP contribution in [0.3, 0.4) is 0 Å². The molecule has 0 aliphatic rings. The molecule has 134 valence electrons. The van der Waals surface area contributed by atoms with Gasteiger partial charge in [-0.05, 0) is 37.3 Å². The molecule has 0 bridgehead atoms. The van der Waals surface area contributed by atoms with Crippen molar-refractivity contribution >= 4 is 27.3 Å². The molecule has 0 saturated carbocycles. The lowest BCUT2D eigenvalue weighted by molar-refractivity contribution is 0.102. The van der Waals surface area contributed by atoms with Crippen molar-refractivity contribution in [1.29, 1.82) is 0 Å². The van der Waals surface area contributed by atoms with Crippen LogP contribution in [0.2, 0.25) is 0 Å². The van der Waals surface area contributed by atoms with Gasteiger partial charge in [0, 0.05) is 5.69 Å². The smallest absolute Gasteiger partial charge is 0.264 e. The monoisotopic (exact) mass is 375 g/mol. The fraction of sp³-hybridized carbons (Fsp3) is 0.0588. The van der Waals surface area contributed by atoms with Crippen molar-refractivity contribution in [3.63, 3.8) is 0 Å². The second kappa shape index (κ2) is 6.96. The Labute approximate surface area is 148 Å². The Morgan fingerprint density at radius 1 is 1.12 bits per heavy atom. The van der Waals surface area contributed by atoms with E-state index in [9.17, 15) is 17.6 Å². The number of nitrogens with zero attached hydrogens (tertiary/aromatic N) is 1. The van der Waals surface area contributed by atoms with Crippen LogP contribution in [0.4, 0.5) is 15.8 Å². The van der Waals surface area contributed by atoms with Crippen LogP contribution in [0.25, 0.3) is 0 Å². The maximum atomic E-state index is 13.7. The van der Waals surface area contributed by atoms with Crippen molar-refractivity contribution in [3.05, 3.63) is 71.9 Å². The second-order valence-electron chi connectivity index (χ2n) is 5.37. The van der Waals surface area contributed by atoms with Crippen LogP contribution in [0, 0.1) is 12.7 Å². The SMILES string of the molecule is Cc1oncc1C(=O)Nc1cccc(NS(=O)(=O)c2ccccc2F)c1. The number of hydrogen-bond acceptors (Lipinski definition) is 5. The topological polar surface area (TPSA) is 101 Å². The maximum Gasteiger partial charge on any atom is 0.264 e. The standard InChI is InChI=1S/C17H14FN3O4S/c1-11-14(10-19-25-11)17(22)20-12-5-4-6-13(9-12)21-26(23,24)16-8-3-2-7-15(16)18/h2-10,21H,1H3,(H,20,22). The number of aryl methyl sites for hydroxylation is 1. The van der Waals surface area contributed by atoms with Crippen LogP contribution in [0.15, 0.2) is 64.1 Å². The highest BCUT2D eigenvalue weighted by Crippen LogP contribution is 2.21. The number of nitrogens with one attached hydrogen (secondary N) is 2. The lowest BCUT2D eigenvalue weighted by Gasteiger charge is -2.10. The molecule has 0 fully saturated rings. The first-order valence-electron chi connectivity index (χ1n) is 7.47. The third kappa shape index (κ3) is 3.72. The molecule has 2 N–H and O–H groups in total. The molecule has 0 aliphatic carbocycles. The van der Waals surface area contributed by atoms with Crippen LogP contribution in [0.1, 0.15) is 16.1 Å². The van der Waals surface area contributed by atoms with Gasteiger partial charge in [-0.1, -0.05) is 23.4 Å². The van der Waals surface area contributed by atoms with E-state index in [1.165, 1.54) is 30.5 Å². The van der Waals surface area contributed by atoms with Crippen LogP contribution in [-0.4, -0.2) is 19.5 Å². The normalized spacial score (nSPS) is 11.2. The summed E-state index contributed by atoms with van der Waals surface area (Å²) in [5.41, 5.74) is 0.791. The number of rotatable bonds is 5. The van der Waals surface area contributed by atoms with Gasteiger partial charge in [0.25, 0.3) is 15.9 Å². The number of anilines is 2. The number of benzene rings is 2. The van der Waals surface area contributed by atoms with E-state index in [-0.39, 0.29) is 11.3 Å². The summed E-state index contributed by atoms with van der Waals surface area (Å²) < 4.78 is 45.5. The minimum absolute atomic E-state index is 0.174. The summed E-state index contributed by atoms with van der Waals surface area (Å²) in [6.07, 6.45) is 1.29. The largest absolute Gasteiger partial charge is 0.361 e. The van der Waals surface area contributed by atoms with E-state index >= 15 is 0 Å². The van der Waals surface area contributed by atoms with Gasteiger partial charge in [0.05, 0.1) is 11.9 Å². The molecule has 3 rings (SSSR count). The lowest BCUT2D eigenvalue weighted by Crippen LogP contribution is -2.15. The van der Waals surface area contributed by atoms with Gasteiger partial charge in [-0.25, -0.2) is 12.8 Å². The molecule has 0 atom stereocenters. The van der Waals surface area contributed by atoms with Crippen molar-refractivity contribution in [2.24, 2.45) is 0 Å². The van der Waals surface area contributed by atoms with Gasteiger partial charge in [-0.15, -0.1) is 0 Å². The molecule has 26 heavy (non-hydrogen) atoms. The molecular weight excluding hydrogens is 361 g/mol. The average Bonchev–Trinajstić information content (AvgIpc) is 3.01. The zero-order chi connectivity index (χ0) is 18.7. The molecule has 0 saturated heterocycles. The highest BCUT2D eigenvalue weighted by molar-refractivity contribution is 7.92. The van der Waals surface area contributed by atoms with Gasteiger partial charge in [-0.2, -0.15) is 0 Å². The quantitative estimate of drug-likeness (QED) is 0.713. The summed E-state index contributed by atoms with van der Waals surface area (Å²) >= 11 is 0. The minimum atomic E-state index is -4.10. The van der Waals surface area contributed by atoms with Crippen molar-refractivity contribution in [2.45, 2.75) is 11.8 Å². The van der Waals surface area contributed by atoms with Crippen molar-refractivity contribution in [2.75, 3.05) is 10.0 Å². The van der Waals surface area contributed by atoms with E-state index in [0.29, 0.717) is 11.4 Å². The lowest BCUT2D eigenvalue weighted by atomic mass is 10.2. The average molecular weight is 375 g/mol. The number of carbonyl (C=O) groups is 1. The van der Waals surface area contributed by atoms with E-state index in [2.05, 4.69) is 15.2 Å². The molecule has 7 nitrogen and oxygen atoms in total. The number of halogens is 1. The molecule has 1 amide bonds. The summed E-state index contributed by atoms with van der Waals surface area (Å²) in [5.74, 6) is -0.941. The van der Waals surface area contributed by atoms with Gasteiger partial charge in [0.2, 0.25) is 0 Å². The van der Waals surface area contributed by atoms with E-state index in [1.807, 2.05) is 0 Å². The van der Waals surface area contributed by atoms with E-state index in [1.54, 1.807) is 19.1 Å². The van der Waals surface area contributed by atoms with Crippen molar-refractivity contribution in [3.8, 4) is 0 Å². The molecule has 9 heteroatoms. The number of sulfonamides is 1. The van der Waals surface area contributed by atoms with Crippen LogP contribution in [0.5, 0.6) is 0 Å². The van der Waals surface area contributed by atoms with Gasteiger partial charge in [-0.3, -0.25) is 9.52 Å². The van der Waals surface area contributed by atoms with Crippen LogP contribution < -0.4 is 10.0 Å². The molecular formula is C17H14FN3O4S. The Hall–Kier alpha value is -3.20. The van der Waals surface area contributed by atoms with Gasteiger partial charge >= 0.3 is 0 Å². The second-order valence-corrected chi connectivity index (χ2v) is 7.02. The van der Waals surface area contributed by atoms with E-state index in [4.69, 9.17) is 4.52 Å². The third-order valence-electron chi connectivity index (χ3n) is 3.49. The van der Waals surface area contributed by atoms with Crippen LogP contribution >= 0.6 is 0 Å². The maximum absolute atomic E-state index is 13.7. The molecule has 1 aromatic heterocycles. The first-order valence-corrected chi connectivity index (χ1v) is 8.95. The third-order valence-corrected chi connectivity index (χ3v) is 4.91. The van der Waals surface area contributed by atoms with Gasteiger partial charge in [0.15, 0.2) is 0 Å². The van der Waals surface area contributed by atoms with Gasteiger partial charge < -0.3 is 9.84 Å². The summed E-state index contributed by atoms with van der Waals surface area (Å²) in [7, 11) is -4.10. The summed E-state index contributed by atoms with van der Waals surface area (Å²) in [5, 5.41) is 6.14. The fourth-order valence-corrected chi connectivity index (χ4v) is 3.38. The summed E-state index contributed by atoms with van der Waals surface area (Å²) in [6.45, 7) is 1.60. The minimum Gasteiger partial charge on any atom is -0.361 e. The number of aromatic nitrogens is 1. The molecule has 1 heterocycles. The summed E-state index contributed by atoms with van der Waals surface area (Å²) in [6, 6.07) is 11.1. The number of carbonyl (C=O) groups excluding carboxylic acids is 1. The first-order chi connectivity index (χ1) is 12.4. The predicted octanol–water partition coefficient (Wildman–Crippen LogP) is 3.18. The molecule has 0 radical (unpaired) electrons. The highest BCUT2D eigenvalue weighted by Gasteiger charge is 2.19. The molecule has 2 aromatic carbocycles. The first kappa shape index (κ1) is 17.6. The molecule has 0 spiro atoms. The molecule has 0 aliphatic heterocycles. The predicted molar refractivity (Wildman–Crippen MR) is 92.8 cm³/mol. The van der Waals surface area contributed by atoms with Crippen molar-refractivity contribution < 1.29 is 22.1 Å². The Balaban J connectivity index is 1.81. The Kier molecular flexibility index (Phi) is 4.72. The molecule has 3 aromatic rings. The van der Waals surface area contributed by atoms with Crippen molar-refractivity contribution in [1.82, 2.24) is 5.16 Å². The van der Waals surface area contributed by atoms with Gasteiger partial charge in [0.1, 0.15) is 22.0 Å². The Bertz CT molecular complexity index is 1060. The number of hydrogen-bond donors (Lipinski definition) is 2. The highest BCUT2D eigenvalue weighted by atomic mass is 32.2. The Morgan fingerprint density at radius 3 is 2.54 bits per heavy atom. The molecule has 0 unspecified atom stereocenters. The number of amides is 1. The Morgan fingerprint density at radius 2 is 1.85 bits per heavy atom. The zero-order valence-corrected chi connectivity index (χ0v) is 14.4. The van der Waals surface area contributed by atoms with Crippen LogP contribution in [-0.2, 0) is 10.0 Å².